The van der Waals surface area contributed by atoms with Crippen LogP contribution in [0.1, 0.15) is 30.9 Å². The van der Waals surface area contributed by atoms with Gasteiger partial charge in [0.1, 0.15) is 18.4 Å². The number of ether oxygens (including phenoxy) is 2. The van der Waals surface area contributed by atoms with Crippen LogP contribution in [0.15, 0.2) is 54.6 Å². The van der Waals surface area contributed by atoms with Crippen LogP contribution in [-0.4, -0.2) is 35.6 Å². The van der Waals surface area contributed by atoms with Crippen LogP contribution in [0.5, 0.6) is 5.75 Å². The van der Waals surface area contributed by atoms with Crippen molar-refractivity contribution < 1.29 is 29.0 Å². The zero-order valence-corrected chi connectivity index (χ0v) is 16.3. The van der Waals surface area contributed by atoms with Gasteiger partial charge in [0.05, 0.1) is 13.0 Å². The highest BCUT2D eigenvalue weighted by Gasteiger charge is 2.21. The van der Waals surface area contributed by atoms with E-state index in [0.29, 0.717) is 12.4 Å². The summed E-state index contributed by atoms with van der Waals surface area (Å²) in [5, 5.41) is 11.8. The van der Waals surface area contributed by atoms with Crippen molar-refractivity contribution >= 4 is 17.8 Å². The summed E-state index contributed by atoms with van der Waals surface area (Å²) in [5.74, 6) is -1.46. The summed E-state index contributed by atoms with van der Waals surface area (Å²) >= 11 is 0. The average molecular weight is 399 g/mol. The number of nitrogens with one attached hydrogen (secondary N) is 1. The molecule has 0 aliphatic heterocycles. The van der Waals surface area contributed by atoms with E-state index in [2.05, 4.69) is 5.32 Å². The quantitative estimate of drug-likeness (QED) is 0.564. The Morgan fingerprint density at radius 3 is 2.28 bits per heavy atom. The number of aliphatic carboxylic acids is 1. The fourth-order valence-electron chi connectivity index (χ4n) is 2.61. The van der Waals surface area contributed by atoms with Gasteiger partial charge in [-0.05, 0) is 30.2 Å². The molecule has 0 spiro atoms. The van der Waals surface area contributed by atoms with E-state index in [4.69, 9.17) is 9.47 Å². The Morgan fingerprint density at radius 2 is 1.66 bits per heavy atom. The van der Waals surface area contributed by atoms with Crippen molar-refractivity contribution in [3.8, 4) is 5.75 Å². The molecule has 2 aromatic carbocycles. The highest BCUT2D eigenvalue weighted by Crippen LogP contribution is 2.15. The molecule has 29 heavy (non-hydrogen) atoms. The Bertz CT molecular complexity index is 804. The first kappa shape index (κ1) is 21.9. The SMILES string of the molecule is CCOC(=O)CCC(=O)N[C@@H](Cc1ccc(OCc2ccccc2)cc1)C(=O)O. The molecule has 0 aromatic heterocycles. The third-order valence-corrected chi connectivity index (χ3v) is 4.11. The van der Waals surface area contributed by atoms with Gasteiger partial charge in [0, 0.05) is 12.8 Å². The Balaban J connectivity index is 1.85. The molecule has 7 heteroatoms. The minimum atomic E-state index is -1.14. The molecule has 2 aromatic rings. The van der Waals surface area contributed by atoms with Crippen molar-refractivity contribution in [1.82, 2.24) is 5.32 Å². The van der Waals surface area contributed by atoms with Gasteiger partial charge in [-0.3, -0.25) is 9.59 Å². The third-order valence-electron chi connectivity index (χ3n) is 4.11. The van der Waals surface area contributed by atoms with Crippen LogP contribution in [0.25, 0.3) is 0 Å². The van der Waals surface area contributed by atoms with E-state index in [1.165, 1.54) is 0 Å². The smallest absolute Gasteiger partial charge is 0.326 e. The second-order valence-corrected chi connectivity index (χ2v) is 6.39. The van der Waals surface area contributed by atoms with Gasteiger partial charge in [-0.25, -0.2) is 4.79 Å². The zero-order chi connectivity index (χ0) is 21.1. The van der Waals surface area contributed by atoms with Crippen LogP contribution < -0.4 is 10.1 Å². The van der Waals surface area contributed by atoms with Gasteiger partial charge in [-0.1, -0.05) is 42.5 Å². The van der Waals surface area contributed by atoms with Gasteiger partial charge < -0.3 is 19.9 Å². The number of carbonyl (C=O) groups excluding carboxylic acids is 2. The van der Waals surface area contributed by atoms with E-state index in [1.807, 2.05) is 30.3 Å². The molecule has 0 unspecified atom stereocenters. The molecule has 154 valence electrons. The van der Waals surface area contributed by atoms with Gasteiger partial charge in [-0.2, -0.15) is 0 Å². The predicted molar refractivity (Wildman–Crippen MR) is 106 cm³/mol. The van der Waals surface area contributed by atoms with Crippen molar-refractivity contribution in [2.45, 2.75) is 38.8 Å². The van der Waals surface area contributed by atoms with E-state index >= 15 is 0 Å². The molecule has 7 nitrogen and oxygen atoms in total. The first-order chi connectivity index (χ1) is 14.0. The normalized spacial score (nSPS) is 11.3. The van der Waals surface area contributed by atoms with Crippen LogP contribution in [0, 0.1) is 0 Å². The second kappa shape index (κ2) is 11.5. The van der Waals surface area contributed by atoms with E-state index < -0.39 is 23.9 Å². The van der Waals surface area contributed by atoms with Crippen LogP contribution in [-0.2, 0) is 32.1 Å². The summed E-state index contributed by atoms with van der Waals surface area (Å²) in [7, 11) is 0. The maximum absolute atomic E-state index is 11.9. The summed E-state index contributed by atoms with van der Waals surface area (Å²) in [4.78, 5) is 34.7. The van der Waals surface area contributed by atoms with Crippen LogP contribution in [0.2, 0.25) is 0 Å². The number of hydrogen-bond acceptors (Lipinski definition) is 5. The van der Waals surface area contributed by atoms with Gasteiger partial charge >= 0.3 is 11.9 Å². The molecule has 0 saturated carbocycles. The Morgan fingerprint density at radius 1 is 0.966 bits per heavy atom. The fraction of sp³-hybridized carbons (Fsp3) is 0.318. The molecule has 0 heterocycles. The molecule has 0 radical (unpaired) electrons. The monoisotopic (exact) mass is 399 g/mol. The molecule has 2 N–H and O–H groups in total. The van der Waals surface area contributed by atoms with E-state index in [0.717, 1.165) is 11.1 Å². The summed E-state index contributed by atoms with van der Waals surface area (Å²) in [6, 6.07) is 15.7. The summed E-state index contributed by atoms with van der Waals surface area (Å²) in [6.45, 7) is 2.36. The molecule has 2 rings (SSSR count). The molecular formula is C22H25NO6. The lowest BCUT2D eigenvalue weighted by Gasteiger charge is -2.15. The van der Waals surface area contributed by atoms with Crippen molar-refractivity contribution in [2.24, 2.45) is 0 Å². The maximum atomic E-state index is 11.9. The van der Waals surface area contributed by atoms with Crippen molar-refractivity contribution in [1.29, 1.82) is 0 Å². The van der Waals surface area contributed by atoms with E-state index in [9.17, 15) is 19.5 Å². The van der Waals surface area contributed by atoms with E-state index in [1.54, 1.807) is 31.2 Å². The van der Waals surface area contributed by atoms with Crippen molar-refractivity contribution in [2.75, 3.05) is 6.61 Å². The summed E-state index contributed by atoms with van der Waals surface area (Å²) < 4.78 is 10.5. The minimum Gasteiger partial charge on any atom is -0.489 e. The minimum absolute atomic E-state index is 0.0839. The topological polar surface area (TPSA) is 102 Å². The number of benzene rings is 2. The number of rotatable bonds is 11. The number of hydrogen-bond donors (Lipinski definition) is 2. The highest BCUT2D eigenvalue weighted by molar-refractivity contribution is 5.85. The molecule has 0 aliphatic rings. The van der Waals surface area contributed by atoms with E-state index in [-0.39, 0.29) is 25.9 Å². The van der Waals surface area contributed by atoms with Crippen molar-refractivity contribution in [3.63, 3.8) is 0 Å². The Kier molecular flexibility index (Phi) is 8.69. The lowest BCUT2D eigenvalue weighted by Crippen LogP contribution is -2.42. The largest absolute Gasteiger partial charge is 0.489 e. The second-order valence-electron chi connectivity index (χ2n) is 6.39. The highest BCUT2D eigenvalue weighted by atomic mass is 16.5. The first-order valence-corrected chi connectivity index (χ1v) is 9.41. The Hall–Kier alpha value is -3.35. The predicted octanol–water partition coefficient (Wildman–Crippen LogP) is 2.72. The fourth-order valence-corrected chi connectivity index (χ4v) is 2.61. The average Bonchev–Trinajstić information content (AvgIpc) is 2.72. The lowest BCUT2D eigenvalue weighted by atomic mass is 10.1. The van der Waals surface area contributed by atoms with Gasteiger partial charge in [0.2, 0.25) is 5.91 Å². The molecule has 0 bridgehead atoms. The number of amides is 1. The van der Waals surface area contributed by atoms with Crippen LogP contribution >= 0.6 is 0 Å². The van der Waals surface area contributed by atoms with Gasteiger partial charge in [0.25, 0.3) is 0 Å². The first-order valence-electron chi connectivity index (χ1n) is 9.41. The number of carbonyl (C=O) groups is 3. The number of carboxylic acid groups (broad SMARTS) is 1. The lowest BCUT2D eigenvalue weighted by molar-refractivity contribution is -0.144. The van der Waals surface area contributed by atoms with Gasteiger partial charge in [-0.15, -0.1) is 0 Å². The zero-order valence-electron chi connectivity index (χ0n) is 16.3. The molecule has 0 saturated heterocycles. The van der Waals surface area contributed by atoms with Gasteiger partial charge in [0.15, 0.2) is 0 Å². The van der Waals surface area contributed by atoms with Crippen LogP contribution in [0.3, 0.4) is 0 Å². The van der Waals surface area contributed by atoms with Crippen molar-refractivity contribution in [3.05, 3.63) is 65.7 Å². The van der Waals surface area contributed by atoms with Crippen LogP contribution in [0.4, 0.5) is 0 Å². The molecule has 0 aliphatic carbocycles. The molecule has 1 amide bonds. The molecular weight excluding hydrogens is 374 g/mol. The summed E-state index contributed by atoms with van der Waals surface area (Å²) in [5.41, 5.74) is 1.79. The maximum Gasteiger partial charge on any atom is 0.326 e. The summed E-state index contributed by atoms with van der Waals surface area (Å²) in [6.07, 6.45) is -0.0756. The third kappa shape index (κ3) is 8.04. The molecule has 0 fully saturated rings. The molecule has 1 atom stereocenters. The Labute approximate surface area is 169 Å². The standard InChI is InChI=1S/C22H25NO6/c1-2-28-21(25)13-12-20(24)23-19(22(26)27)14-16-8-10-18(11-9-16)29-15-17-6-4-3-5-7-17/h3-11,19H,2,12-15H2,1H3,(H,23,24)(H,26,27)/t19-/m0/s1. The number of carboxylic acids is 1. The number of esters is 1.